The van der Waals surface area contributed by atoms with Crippen LogP contribution in [0.3, 0.4) is 0 Å². The minimum atomic E-state index is -3.99. The number of hydrogen-bond donors (Lipinski definition) is 0. The van der Waals surface area contributed by atoms with Crippen LogP contribution in [0.4, 0.5) is 0 Å². The van der Waals surface area contributed by atoms with Gasteiger partial charge in [-0.25, -0.2) is 0 Å². The van der Waals surface area contributed by atoms with Gasteiger partial charge in [0.15, 0.2) is 10.9 Å². The van der Waals surface area contributed by atoms with Crippen LogP contribution in [0, 0.1) is 5.92 Å². The second-order valence-electron chi connectivity index (χ2n) is 13.7. The zero-order valence-electron chi connectivity index (χ0n) is 28.1. The van der Waals surface area contributed by atoms with Crippen LogP contribution in [0.2, 0.25) is 0 Å². The number of ether oxygens (including phenoxy) is 2. The summed E-state index contributed by atoms with van der Waals surface area (Å²) in [7, 11) is -12.7. The second kappa shape index (κ2) is 18.1. The summed E-state index contributed by atoms with van der Waals surface area (Å²) >= 11 is 0. The van der Waals surface area contributed by atoms with Crippen LogP contribution in [0.1, 0.15) is 138 Å². The van der Waals surface area contributed by atoms with E-state index in [4.69, 9.17) is 17.8 Å². The SMILES string of the molecule is CCCCC1CCC(OS(=O)(=O)C(C)OC(C)(C)[PH](=O)CCCC[PH](=O)C(C)(C)OC(C)S(=O)(=O)OC2CCCCC2)CC1. The molecular weight excluding hydrogens is 646 g/mol. The maximum atomic E-state index is 13.2. The van der Waals surface area contributed by atoms with E-state index in [0.717, 1.165) is 38.5 Å². The van der Waals surface area contributed by atoms with Gasteiger partial charge in [0.2, 0.25) is 0 Å². The summed E-state index contributed by atoms with van der Waals surface area (Å²) in [6.07, 6.45) is 12.3. The zero-order chi connectivity index (χ0) is 33.2. The topological polar surface area (TPSA) is 139 Å². The van der Waals surface area contributed by atoms with E-state index in [2.05, 4.69) is 6.92 Å². The monoisotopic (exact) mass is 706 g/mol. The van der Waals surface area contributed by atoms with E-state index in [-0.39, 0.29) is 12.2 Å². The van der Waals surface area contributed by atoms with E-state index in [1.807, 2.05) is 0 Å². The lowest BCUT2D eigenvalue weighted by Gasteiger charge is -2.31. The molecule has 0 aliphatic heterocycles. The molecular formula is C30H60O10P2S2. The van der Waals surface area contributed by atoms with E-state index in [9.17, 15) is 26.0 Å². The number of unbranched alkanes of at least 4 members (excludes halogenated alkanes) is 2. The average molecular weight is 707 g/mol. The molecule has 262 valence electrons. The van der Waals surface area contributed by atoms with Crippen molar-refractivity contribution in [2.24, 2.45) is 5.92 Å². The van der Waals surface area contributed by atoms with Crippen molar-refractivity contribution in [3.8, 4) is 0 Å². The highest BCUT2D eigenvalue weighted by Crippen LogP contribution is 2.45. The van der Waals surface area contributed by atoms with Gasteiger partial charge in [0, 0.05) is 12.3 Å². The molecule has 0 radical (unpaired) electrons. The van der Waals surface area contributed by atoms with Crippen LogP contribution in [-0.2, 0) is 47.2 Å². The van der Waals surface area contributed by atoms with Crippen LogP contribution in [0.15, 0.2) is 0 Å². The van der Waals surface area contributed by atoms with Crippen molar-refractivity contribution in [2.75, 3.05) is 12.3 Å². The summed E-state index contributed by atoms with van der Waals surface area (Å²) in [6.45, 7) is 11.5. The molecule has 14 heteroatoms. The van der Waals surface area contributed by atoms with Gasteiger partial charge in [-0.05, 0) is 98.8 Å². The Bertz CT molecular complexity index is 1130. The van der Waals surface area contributed by atoms with Crippen molar-refractivity contribution in [2.45, 2.75) is 172 Å². The molecule has 0 spiro atoms. The summed E-state index contributed by atoms with van der Waals surface area (Å²) in [4.78, 5) is 0. The summed E-state index contributed by atoms with van der Waals surface area (Å²) in [5.41, 5.74) is -2.50. The van der Waals surface area contributed by atoms with Crippen molar-refractivity contribution in [3.05, 3.63) is 0 Å². The first-order valence-corrected chi connectivity index (χ1v) is 22.8. The largest absolute Gasteiger partial charge is 0.347 e. The van der Waals surface area contributed by atoms with Gasteiger partial charge in [-0.3, -0.25) is 8.37 Å². The molecule has 0 N–H and O–H groups in total. The first-order chi connectivity index (χ1) is 20.4. The lowest BCUT2D eigenvalue weighted by molar-refractivity contribution is 0.0192. The molecule has 4 unspecified atom stereocenters. The van der Waals surface area contributed by atoms with Gasteiger partial charge in [-0.15, -0.1) is 0 Å². The van der Waals surface area contributed by atoms with E-state index in [0.29, 0.717) is 56.8 Å². The van der Waals surface area contributed by atoms with Gasteiger partial charge in [0.05, 0.1) is 12.2 Å². The van der Waals surface area contributed by atoms with Gasteiger partial charge >= 0.3 is 0 Å². The normalized spacial score (nSPS) is 24.1. The fraction of sp³-hybridized carbons (Fsp3) is 1.00. The summed E-state index contributed by atoms with van der Waals surface area (Å²) in [5.74, 6) is 0.637. The third-order valence-electron chi connectivity index (χ3n) is 8.99. The molecule has 0 amide bonds. The summed E-state index contributed by atoms with van der Waals surface area (Å²) in [6, 6.07) is 0. The fourth-order valence-electron chi connectivity index (χ4n) is 5.96. The van der Waals surface area contributed by atoms with Gasteiger partial charge < -0.3 is 18.6 Å². The van der Waals surface area contributed by atoms with Crippen molar-refractivity contribution in [3.63, 3.8) is 0 Å². The highest BCUT2D eigenvalue weighted by atomic mass is 32.2. The molecule has 0 bridgehead atoms. The zero-order valence-corrected chi connectivity index (χ0v) is 31.7. The van der Waals surface area contributed by atoms with Crippen molar-refractivity contribution in [1.82, 2.24) is 0 Å². The molecule has 2 fully saturated rings. The molecule has 4 atom stereocenters. The maximum absolute atomic E-state index is 13.2. The van der Waals surface area contributed by atoms with Gasteiger partial charge in [-0.2, -0.15) is 16.8 Å². The molecule has 44 heavy (non-hydrogen) atoms. The molecule has 10 nitrogen and oxygen atoms in total. The number of rotatable bonds is 20. The summed E-state index contributed by atoms with van der Waals surface area (Å²) in [5, 5.41) is -2.31. The molecule has 2 aliphatic rings. The highest BCUT2D eigenvalue weighted by Gasteiger charge is 2.37. The predicted molar refractivity (Wildman–Crippen MR) is 178 cm³/mol. The maximum Gasteiger partial charge on any atom is 0.294 e. The average Bonchev–Trinajstić information content (AvgIpc) is 2.94. The Morgan fingerprint density at radius 1 is 0.659 bits per heavy atom. The number of hydrogen-bond acceptors (Lipinski definition) is 10. The van der Waals surface area contributed by atoms with Crippen LogP contribution < -0.4 is 0 Å². The van der Waals surface area contributed by atoms with Crippen molar-refractivity contribution in [1.29, 1.82) is 0 Å². The Morgan fingerprint density at radius 2 is 1.07 bits per heavy atom. The molecule has 0 aromatic heterocycles. The molecule has 2 rings (SSSR count). The Kier molecular flexibility index (Phi) is 16.6. The minimum absolute atomic E-state index is 0.309. The standard InChI is InChI=1S/C30H60O10P2S2/c1-8-9-15-26-18-20-28(21-19-26)40-44(35,36)25(3)38-30(6,7)42(32)23-14-13-22-41(31)29(4,5)37-24(2)43(33,34)39-27-16-11-10-12-17-27/h24-28,41-42H,8-23H2,1-7H3. The second-order valence-corrected chi connectivity index (χ2v) is 22.5. The molecule has 2 saturated carbocycles. The Morgan fingerprint density at radius 3 is 1.48 bits per heavy atom. The van der Waals surface area contributed by atoms with E-state index in [1.54, 1.807) is 27.7 Å². The molecule has 2 aliphatic carbocycles. The first kappa shape index (κ1) is 40.4. The van der Waals surface area contributed by atoms with E-state index >= 15 is 0 Å². The van der Waals surface area contributed by atoms with Crippen LogP contribution in [-0.4, -0.2) is 62.9 Å². The molecule has 0 heterocycles. The lowest BCUT2D eigenvalue weighted by Crippen LogP contribution is -2.35. The first-order valence-electron chi connectivity index (χ1n) is 16.7. The van der Waals surface area contributed by atoms with E-state index in [1.165, 1.54) is 26.7 Å². The molecule has 0 saturated heterocycles. The predicted octanol–water partition coefficient (Wildman–Crippen LogP) is 7.86. The summed E-state index contributed by atoms with van der Waals surface area (Å²) < 4.78 is 99.9. The smallest absolute Gasteiger partial charge is 0.294 e. The van der Waals surface area contributed by atoms with Crippen molar-refractivity contribution >= 4 is 35.8 Å². The van der Waals surface area contributed by atoms with Gasteiger partial charge in [-0.1, -0.05) is 45.4 Å². The molecule has 0 aromatic rings. The van der Waals surface area contributed by atoms with Gasteiger partial charge in [0.1, 0.15) is 26.3 Å². The Hall–Kier alpha value is 0.200. The molecule has 0 aromatic carbocycles. The third kappa shape index (κ3) is 13.4. The van der Waals surface area contributed by atoms with Crippen molar-refractivity contribution < 1.29 is 43.8 Å². The van der Waals surface area contributed by atoms with E-state index < -0.39 is 57.4 Å². The quantitative estimate of drug-likeness (QED) is 0.0698. The van der Waals surface area contributed by atoms with Crippen LogP contribution >= 0.6 is 15.6 Å². The third-order valence-corrected chi connectivity index (χ3v) is 16.4. The fourth-order valence-corrected chi connectivity index (χ4v) is 11.3. The highest BCUT2D eigenvalue weighted by molar-refractivity contribution is 7.87. The lowest BCUT2D eigenvalue weighted by atomic mass is 9.84. The Balaban J connectivity index is 1.76. The van der Waals surface area contributed by atoms with Crippen LogP contribution in [0.5, 0.6) is 0 Å². The minimum Gasteiger partial charge on any atom is -0.347 e. The van der Waals surface area contributed by atoms with Gasteiger partial charge in [0.25, 0.3) is 20.2 Å². The Labute approximate surface area is 269 Å². The van der Waals surface area contributed by atoms with Crippen LogP contribution in [0.25, 0.3) is 0 Å².